The molecule has 0 fully saturated rings. The minimum Gasteiger partial charge on any atom is -0.362 e. The number of thioether (sulfide) groups is 1. The fourth-order valence-electron chi connectivity index (χ4n) is 2.78. The first kappa shape index (κ1) is 21.2. The molecule has 6 nitrogen and oxygen atoms in total. The van der Waals surface area contributed by atoms with Gasteiger partial charge in [-0.05, 0) is 42.9 Å². The summed E-state index contributed by atoms with van der Waals surface area (Å²) in [6, 6.07) is 14.9. The van der Waals surface area contributed by atoms with E-state index in [-0.39, 0.29) is 17.2 Å². The van der Waals surface area contributed by atoms with Crippen molar-refractivity contribution < 1.29 is 4.79 Å². The second-order valence-corrected chi connectivity index (χ2v) is 7.87. The van der Waals surface area contributed by atoms with Gasteiger partial charge in [-0.3, -0.25) is 20.4 Å². The maximum Gasteiger partial charge on any atom is 0.262 e. The van der Waals surface area contributed by atoms with Crippen LogP contribution >= 0.6 is 35.6 Å². The molecule has 0 aliphatic heterocycles. The standard InChI is InChI=1S/C20H19ClN4O2S2/c1-2-22-20(28)25-24-16(26)11-29-18-17(12-6-4-3-5-7-12)14-10-13(21)8-9-15(14)23-19(18)27/h3-10H,2,11H2,1H3,(H,23,27)(H,24,26)(H2,22,25,28). The fraction of sp³-hybridized carbons (Fsp3) is 0.150. The highest BCUT2D eigenvalue weighted by molar-refractivity contribution is 8.00. The molecule has 150 valence electrons. The van der Waals surface area contributed by atoms with E-state index in [4.69, 9.17) is 23.8 Å². The van der Waals surface area contributed by atoms with E-state index in [9.17, 15) is 9.59 Å². The van der Waals surface area contributed by atoms with E-state index in [0.29, 0.717) is 27.1 Å². The number of carbonyl (C=O) groups is 1. The number of fused-ring (bicyclic) bond motifs is 1. The van der Waals surface area contributed by atoms with E-state index < -0.39 is 0 Å². The van der Waals surface area contributed by atoms with Crippen LogP contribution in [0.3, 0.4) is 0 Å². The van der Waals surface area contributed by atoms with Crippen molar-refractivity contribution in [3.05, 3.63) is 63.9 Å². The molecular weight excluding hydrogens is 428 g/mol. The Balaban J connectivity index is 1.93. The summed E-state index contributed by atoms with van der Waals surface area (Å²) in [5, 5.41) is 4.58. The average Bonchev–Trinajstić information content (AvgIpc) is 2.71. The van der Waals surface area contributed by atoms with Gasteiger partial charge in [-0.2, -0.15) is 0 Å². The smallest absolute Gasteiger partial charge is 0.262 e. The van der Waals surface area contributed by atoms with Crippen LogP contribution in [0.15, 0.2) is 58.2 Å². The maximum absolute atomic E-state index is 12.8. The number of pyridine rings is 1. The van der Waals surface area contributed by atoms with E-state index in [1.807, 2.05) is 43.3 Å². The summed E-state index contributed by atoms with van der Waals surface area (Å²) in [4.78, 5) is 28.3. The van der Waals surface area contributed by atoms with E-state index >= 15 is 0 Å². The summed E-state index contributed by atoms with van der Waals surface area (Å²) in [6.07, 6.45) is 0. The molecule has 3 aromatic rings. The lowest BCUT2D eigenvalue weighted by atomic mass is 10.0. The number of nitrogens with one attached hydrogen (secondary N) is 4. The number of aromatic amines is 1. The van der Waals surface area contributed by atoms with Crippen molar-refractivity contribution in [3.8, 4) is 11.1 Å². The topological polar surface area (TPSA) is 86.0 Å². The highest BCUT2D eigenvalue weighted by atomic mass is 35.5. The maximum atomic E-state index is 12.8. The number of hydrogen-bond donors (Lipinski definition) is 4. The molecule has 0 spiro atoms. The lowest BCUT2D eigenvalue weighted by Gasteiger charge is -2.13. The highest BCUT2D eigenvalue weighted by Crippen LogP contribution is 2.35. The normalized spacial score (nSPS) is 10.6. The van der Waals surface area contributed by atoms with Crippen LogP contribution in [0.4, 0.5) is 0 Å². The van der Waals surface area contributed by atoms with Gasteiger partial charge in [0.15, 0.2) is 5.11 Å². The van der Waals surface area contributed by atoms with E-state index in [1.165, 1.54) is 0 Å². The van der Waals surface area contributed by atoms with Crippen LogP contribution in [0.1, 0.15) is 6.92 Å². The average molecular weight is 447 g/mol. The zero-order valence-corrected chi connectivity index (χ0v) is 17.9. The molecule has 0 atom stereocenters. The van der Waals surface area contributed by atoms with Crippen LogP contribution in [0.5, 0.6) is 0 Å². The van der Waals surface area contributed by atoms with Crippen molar-refractivity contribution in [2.75, 3.05) is 12.3 Å². The number of thiocarbonyl (C=S) groups is 1. The molecule has 4 N–H and O–H groups in total. The SMILES string of the molecule is CCNC(=S)NNC(=O)CSc1c(-c2ccccc2)c2cc(Cl)ccc2[nH]c1=O. The minimum atomic E-state index is -0.306. The summed E-state index contributed by atoms with van der Waals surface area (Å²) < 4.78 is 0. The van der Waals surface area contributed by atoms with E-state index in [2.05, 4.69) is 21.2 Å². The van der Waals surface area contributed by atoms with Gasteiger partial charge in [0.2, 0.25) is 5.91 Å². The third-order valence-electron chi connectivity index (χ3n) is 4.00. The lowest BCUT2D eigenvalue weighted by Crippen LogP contribution is -2.47. The van der Waals surface area contributed by atoms with E-state index in [1.54, 1.807) is 12.1 Å². The van der Waals surface area contributed by atoms with Crippen molar-refractivity contribution in [3.63, 3.8) is 0 Å². The number of rotatable bonds is 5. The number of aromatic nitrogens is 1. The zero-order chi connectivity index (χ0) is 20.8. The molecule has 0 unspecified atom stereocenters. The molecule has 1 aromatic heterocycles. The minimum absolute atomic E-state index is 0.0384. The Morgan fingerprint density at radius 3 is 2.66 bits per heavy atom. The lowest BCUT2D eigenvalue weighted by molar-refractivity contribution is -0.119. The van der Waals surface area contributed by atoms with Gasteiger partial charge >= 0.3 is 0 Å². The molecule has 1 heterocycles. The molecule has 29 heavy (non-hydrogen) atoms. The molecule has 1 amide bonds. The first-order valence-corrected chi connectivity index (χ1v) is 10.6. The van der Waals surface area contributed by atoms with Gasteiger partial charge in [-0.1, -0.05) is 41.9 Å². The fourth-order valence-corrected chi connectivity index (χ4v) is 4.05. The van der Waals surface area contributed by atoms with Crippen LogP contribution in [-0.4, -0.2) is 28.3 Å². The van der Waals surface area contributed by atoms with Gasteiger partial charge in [0.05, 0.1) is 10.6 Å². The van der Waals surface area contributed by atoms with Gasteiger partial charge in [-0.15, -0.1) is 11.8 Å². The molecule has 3 rings (SSSR count). The molecule has 0 bridgehead atoms. The molecule has 0 aliphatic carbocycles. The first-order valence-electron chi connectivity index (χ1n) is 8.86. The second-order valence-electron chi connectivity index (χ2n) is 6.04. The Bertz CT molecular complexity index is 1100. The van der Waals surface area contributed by atoms with Crippen LogP contribution in [-0.2, 0) is 4.79 Å². The summed E-state index contributed by atoms with van der Waals surface area (Å²) in [5.74, 6) is -0.267. The van der Waals surface area contributed by atoms with Gasteiger partial charge in [0.1, 0.15) is 0 Å². The second kappa shape index (κ2) is 9.78. The van der Waals surface area contributed by atoms with Crippen LogP contribution in [0, 0.1) is 0 Å². The highest BCUT2D eigenvalue weighted by Gasteiger charge is 2.17. The zero-order valence-electron chi connectivity index (χ0n) is 15.5. The monoisotopic (exact) mass is 446 g/mol. The third-order valence-corrected chi connectivity index (χ3v) is 5.56. The molecule has 0 aliphatic rings. The Labute approximate surface area is 182 Å². The molecular formula is C20H19ClN4O2S2. The van der Waals surface area contributed by atoms with Crippen molar-refractivity contribution in [1.29, 1.82) is 0 Å². The van der Waals surface area contributed by atoms with Crippen molar-refractivity contribution in [1.82, 2.24) is 21.2 Å². The van der Waals surface area contributed by atoms with Crippen LogP contribution in [0.2, 0.25) is 5.02 Å². The van der Waals surface area contributed by atoms with E-state index in [0.717, 1.165) is 28.3 Å². The molecule has 2 aromatic carbocycles. The summed E-state index contributed by atoms with van der Waals surface area (Å²) in [5.41, 5.74) is 7.19. The third kappa shape index (κ3) is 5.29. The Morgan fingerprint density at radius 2 is 1.93 bits per heavy atom. The number of halogens is 1. The van der Waals surface area contributed by atoms with Crippen LogP contribution in [0.25, 0.3) is 22.0 Å². The Hall–Kier alpha value is -2.55. The molecule has 0 saturated heterocycles. The van der Waals surface area contributed by atoms with Crippen LogP contribution < -0.4 is 21.7 Å². The predicted molar refractivity (Wildman–Crippen MR) is 123 cm³/mol. The predicted octanol–water partition coefficient (Wildman–Crippen LogP) is 3.46. The molecule has 9 heteroatoms. The Morgan fingerprint density at radius 1 is 1.17 bits per heavy atom. The first-order chi connectivity index (χ1) is 14.0. The number of H-pyrrole nitrogens is 1. The number of amides is 1. The van der Waals surface area contributed by atoms with Crippen molar-refractivity contribution >= 4 is 57.5 Å². The summed E-state index contributed by atoms with van der Waals surface area (Å²) in [7, 11) is 0. The Kier molecular flexibility index (Phi) is 7.13. The number of hydrogen-bond acceptors (Lipinski definition) is 4. The van der Waals surface area contributed by atoms with Gasteiger partial charge < -0.3 is 10.3 Å². The van der Waals surface area contributed by atoms with Crippen molar-refractivity contribution in [2.45, 2.75) is 11.8 Å². The largest absolute Gasteiger partial charge is 0.362 e. The summed E-state index contributed by atoms with van der Waals surface area (Å²) in [6.45, 7) is 2.54. The van der Waals surface area contributed by atoms with Gasteiger partial charge in [0, 0.05) is 28.0 Å². The van der Waals surface area contributed by atoms with Gasteiger partial charge in [0.25, 0.3) is 5.56 Å². The molecule has 0 radical (unpaired) electrons. The molecule has 0 saturated carbocycles. The number of carbonyl (C=O) groups excluding carboxylic acids is 1. The van der Waals surface area contributed by atoms with Gasteiger partial charge in [-0.25, -0.2) is 0 Å². The van der Waals surface area contributed by atoms with Crippen molar-refractivity contribution in [2.24, 2.45) is 0 Å². The number of hydrazine groups is 1. The number of benzene rings is 2. The summed E-state index contributed by atoms with van der Waals surface area (Å²) >= 11 is 12.4. The quantitative estimate of drug-likeness (QED) is 0.273.